The molecule has 32 heavy (non-hydrogen) atoms. The van der Waals surface area contributed by atoms with E-state index in [1.54, 1.807) is 19.3 Å². The van der Waals surface area contributed by atoms with Crippen LogP contribution in [0, 0.1) is 0 Å². The number of H-pyrrole nitrogens is 1. The fourth-order valence-electron chi connectivity index (χ4n) is 2.46. The summed E-state index contributed by atoms with van der Waals surface area (Å²) in [4.78, 5) is 24.9. The Morgan fingerprint density at radius 2 is 1.94 bits per heavy atom. The topological polar surface area (TPSA) is 114 Å². The Kier molecular flexibility index (Phi) is 6.14. The van der Waals surface area contributed by atoms with Gasteiger partial charge in [0, 0.05) is 24.2 Å². The Bertz CT molecular complexity index is 1230. The van der Waals surface area contributed by atoms with Crippen LogP contribution in [0.25, 0.3) is 0 Å². The number of aryl methyl sites for hydroxylation is 1. The van der Waals surface area contributed by atoms with E-state index in [0.717, 1.165) is 35.7 Å². The minimum atomic E-state index is -4.43. The molecule has 14 heteroatoms. The van der Waals surface area contributed by atoms with E-state index >= 15 is 0 Å². The molecule has 0 unspecified atom stereocenters. The lowest BCUT2D eigenvalue weighted by Gasteiger charge is -2.10. The molecule has 0 atom stereocenters. The maximum absolute atomic E-state index is 12.9. The number of aromatic amines is 1. The van der Waals surface area contributed by atoms with Gasteiger partial charge in [-0.3, -0.25) is 9.48 Å². The Morgan fingerprint density at radius 1 is 1.16 bits per heavy atom. The van der Waals surface area contributed by atoms with Crippen molar-refractivity contribution in [2.24, 2.45) is 7.05 Å². The molecule has 0 bridgehead atoms. The van der Waals surface area contributed by atoms with Crippen LogP contribution in [0.4, 0.5) is 19.0 Å². The summed E-state index contributed by atoms with van der Waals surface area (Å²) < 4.78 is 40.0. The number of hydrogen-bond donors (Lipinski definition) is 2. The first-order valence-electron chi connectivity index (χ1n) is 8.85. The second kappa shape index (κ2) is 9.00. The molecule has 3 heterocycles. The molecule has 0 fully saturated rings. The molecule has 0 aliphatic carbocycles. The van der Waals surface area contributed by atoms with E-state index in [-0.39, 0.29) is 10.7 Å². The van der Waals surface area contributed by atoms with Gasteiger partial charge in [0.05, 0.1) is 11.8 Å². The van der Waals surface area contributed by atoms with Crippen molar-refractivity contribution in [1.82, 2.24) is 34.9 Å². The fraction of sp³-hybridized carbons (Fsp3) is 0.111. The van der Waals surface area contributed by atoms with Crippen molar-refractivity contribution in [3.63, 3.8) is 0 Å². The van der Waals surface area contributed by atoms with Crippen LogP contribution in [-0.2, 0) is 13.2 Å². The minimum absolute atomic E-state index is 0.00920. The number of nitrogens with zero attached hydrogens (tertiary/aromatic N) is 6. The molecule has 0 saturated carbocycles. The number of halogens is 3. The normalized spacial score (nSPS) is 11.5. The average molecular weight is 478 g/mol. The van der Waals surface area contributed by atoms with Crippen LogP contribution in [0.15, 0.2) is 69.2 Å². The molecule has 164 valence electrons. The molecule has 0 aliphatic heterocycles. The zero-order valence-corrected chi connectivity index (χ0v) is 17.8. The largest absolute Gasteiger partial charge is 0.416 e. The number of aromatic nitrogens is 7. The molecule has 0 spiro atoms. The zero-order chi connectivity index (χ0) is 22.7. The van der Waals surface area contributed by atoms with Crippen molar-refractivity contribution >= 4 is 35.2 Å². The molecule has 2 N–H and O–H groups in total. The monoisotopic (exact) mass is 478 g/mol. The summed E-state index contributed by atoms with van der Waals surface area (Å²) in [5, 5.41) is 15.3. The van der Waals surface area contributed by atoms with Crippen LogP contribution < -0.4 is 5.32 Å². The highest BCUT2D eigenvalue weighted by atomic mass is 32.2. The van der Waals surface area contributed by atoms with Crippen LogP contribution in [0.1, 0.15) is 16.1 Å². The summed E-state index contributed by atoms with van der Waals surface area (Å²) in [5.41, 5.74) is -0.773. The molecule has 0 aliphatic rings. The van der Waals surface area contributed by atoms with Gasteiger partial charge in [0.1, 0.15) is 16.4 Å². The third-order valence-corrected chi connectivity index (χ3v) is 5.68. The lowest BCUT2D eigenvalue weighted by atomic mass is 10.2. The molecule has 0 radical (unpaired) electrons. The highest BCUT2D eigenvalue weighted by Gasteiger charge is 2.30. The van der Waals surface area contributed by atoms with Crippen molar-refractivity contribution in [1.29, 1.82) is 0 Å². The maximum atomic E-state index is 12.9. The first-order valence-corrected chi connectivity index (χ1v) is 10.5. The first-order chi connectivity index (χ1) is 15.3. The van der Waals surface area contributed by atoms with Crippen molar-refractivity contribution in [3.05, 3.63) is 60.3 Å². The Labute approximate surface area is 187 Å². The van der Waals surface area contributed by atoms with Crippen LogP contribution in [0.2, 0.25) is 0 Å². The molecular formula is C18H13F3N8OS2. The molecule has 0 saturated heterocycles. The quantitative estimate of drug-likeness (QED) is 0.429. The molecular weight excluding hydrogens is 465 g/mol. The highest BCUT2D eigenvalue weighted by molar-refractivity contribution is 7.99. The average Bonchev–Trinajstić information content (AvgIpc) is 3.40. The SMILES string of the molecule is Cn1ccc(NC(=O)c2nc(Sc3nnc[nH]3)cnc2Sc2ccc(C(F)(F)F)cc2)n1. The van der Waals surface area contributed by atoms with Crippen molar-refractivity contribution in [2.45, 2.75) is 26.3 Å². The predicted octanol–water partition coefficient (Wildman–Crippen LogP) is 3.90. The third-order valence-electron chi connectivity index (χ3n) is 3.88. The van der Waals surface area contributed by atoms with E-state index in [1.165, 1.54) is 29.3 Å². The van der Waals surface area contributed by atoms with Gasteiger partial charge >= 0.3 is 6.18 Å². The van der Waals surface area contributed by atoms with Crippen molar-refractivity contribution in [2.75, 3.05) is 5.32 Å². The summed E-state index contributed by atoms with van der Waals surface area (Å²) in [6, 6.07) is 6.18. The summed E-state index contributed by atoms with van der Waals surface area (Å²) in [6.45, 7) is 0. The molecule has 3 aromatic heterocycles. The third kappa shape index (κ3) is 5.26. The number of carbonyl (C=O) groups is 1. The van der Waals surface area contributed by atoms with Gasteiger partial charge in [-0.25, -0.2) is 9.97 Å². The summed E-state index contributed by atoms with van der Waals surface area (Å²) in [5.74, 6) is -0.247. The molecule has 9 nitrogen and oxygen atoms in total. The van der Waals surface area contributed by atoms with Gasteiger partial charge in [-0.1, -0.05) is 11.8 Å². The lowest BCUT2D eigenvalue weighted by molar-refractivity contribution is -0.137. The fourth-order valence-corrected chi connectivity index (χ4v) is 3.93. The second-order valence-electron chi connectivity index (χ2n) is 6.21. The predicted molar refractivity (Wildman–Crippen MR) is 109 cm³/mol. The van der Waals surface area contributed by atoms with Gasteiger partial charge in [-0.15, -0.1) is 10.2 Å². The highest BCUT2D eigenvalue weighted by Crippen LogP contribution is 2.34. The van der Waals surface area contributed by atoms with E-state index in [0.29, 0.717) is 20.9 Å². The molecule has 1 aromatic carbocycles. The Morgan fingerprint density at radius 3 is 2.56 bits per heavy atom. The van der Waals surface area contributed by atoms with Gasteiger partial charge < -0.3 is 10.3 Å². The summed E-state index contributed by atoms with van der Waals surface area (Å²) >= 11 is 2.14. The number of anilines is 1. The summed E-state index contributed by atoms with van der Waals surface area (Å²) in [7, 11) is 1.70. The second-order valence-corrected chi connectivity index (χ2v) is 8.28. The molecule has 1 amide bonds. The van der Waals surface area contributed by atoms with Crippen LogP contribution in [0.3, 0.4) is 0 Å². The number of nitrogens with one attached hydrogen (secondary N) is 2. The van der Waals surface area contributed by atoms with E-state index in [9.17, 15) is 18.0 Å². The lowest BCUT2D eigenvalue weighted by Crippen LogP contribution is -2.16. The van der Waals surface area contributed by atoms with Gasteiger partial charge in [0.15, 0.2) is 16.7 Å². The smallest absolute Gasteiger partial charge is 0.322 e. The minimum Gasteiger partial charge on any atom is -0.322 e. The summed E-state index contributed by atoms with van der Waals surface area (Å²) in [6.07, 6.45) is 0.0715. The van der Waals surface area contributed by atoms with E-state index < -0.39 is 17.6 Å². The van der Waals surface area contributed by atoms with Crippen LogP contribution in [0.5, 0.6) is 0 Å². The zero-order valence-electron chi connectivity index (χ0n) is 16.2. The molecule has 4 aromatic rings. The van der Waals surface area contributed by atoms with Crippen molar-refractivity contribution in [3.8, 4) is 0 Å². The maximum Gasteiger partial charge on any atom is 0.416 e. The van der Waals surface area contributed by atoms with Crippen molar-refractivity contribution < 1.29 is 18.0 Å². The van der Waals surface area contributed by atoms with E-state index in [4.69, 9.17) is 0 Å². The van der Waals surface area contributed by atoms with Gasteiger partial charge in [-0.2, -0.15) is 18.3 Å². The number of rotatable bonds is 6. The molecule has 4 rings (SSSR count). The van der Waals surface area contributed by atoms with Gasteiger partial charge in [0.2, 0.25) is 0 Å². The Balaban J connectivity index is 1.63. The van der Waals surface area contributed by atoms with Gasteiger partial charge in [-0.05, 0) is 36.0 Å². The first kappa shape index (κ1) is 21.8. The number of amides is 1. The van der Waals surface area contributed by atoms with Crippen LogP contribution >= 0.6 is 23.5 Å². The van der Waals surface area contributed by atoms with Crippen LogP contribution in [-0.4, -0.2) is 40.8 Å². The van der Waals surface area contributed by atoms with E-state index in [1.807, 2.05) is 0 Å². The number of hydrogen-bond acceptors (Lipinski definition) is 8. The number of carbonyl (C=O) groups excluding carboxylic acids is 1. The van der Waals surface area contributed by atoms with E-state index in [2.05, 4.69) is 35.6 Å². The number of alkyl halides is 3. The number of benzene rings is 1. The standard InChI is InChI=1S/C18H13F3N8OS2/c1-29-7-6-12(28-29)25-15(30)14-16(22-8-13(26-14)32-17-23-9-24-27-17)31-11-4-2-10(3-5-11)18(19,20)21/h2-9H,1H3,(H,23,24,27)(H,25,28,30). The van der Waals surface area contributed by atoms with Gasteiger partial charge in [0.25, 0.3) is 5.91 Å². The Hall–Kier alpha value is -3.39.